The molecule has 0 heterocycles. The van der Waals surface area contributed by atoms with Gasteiger partial charge in [0.25, 0.3) is 0 Å². The van der Waals surface area contributed by atoms with Crippen molar-refractivity contribution < 1.29 is 4.79 Å². The SMILES string of the molecule is N#Cc1cccc(C=O)c1I. The lowest BCUT2D eigenvalue weighted by molar-refractivity contribution is 0.112. The summed E-state index contributed by atoms with van der Waals surface area (Å²) >= 11 is 1.99. The minimum absolute atomic E-state index is 0.551. The van der Waals surface area contributed by atoms with Gasteiger partial charge < -0.3 is 0 Å². The number of benzene rings is 1. The van der Waals surface area contributed by atoms with Crippen LogP contribution in [0.25, 0.3) is 0 Å². The van der Waals surface area contributed by atoms with E-state index in [9.17, 15) is 4.79 Å². The monoisotopic (exact) mass is 257 g/mol. The van der Waals surface area contributed by atoms with Gasteiger partial charge >= 0.3 is 0 Å². The normalized spacial score (nSPS) is 8.73. The van der Waals surface area contributed by atoms with Crippen LogP contribution in [-0.2, 0) is 0 Å². The average molecular weight is 257 g/mol. The Labute approximate surface area is 78.0 Å². The lowest BCUT2D eigenvalue weighted by Gasteiger charge is -1.95. The Morgan fingerprint density at radius 1 is 1.55 bits per heavy atom. The Kier molecular flexibility index (Phi) is 2.60. The predicted molar refractivity (Wildman–Crippen MR) is 49.3 cm³/mol. The molecule has 0 fully saturated rings. The van der Waals surface area contributed by atoms with E-state index in [1.807, 2.05) is 28.7 Å². The van der Waals surface area contributed by atoms with Crippen LogP contribution in [0.15, 0.2) is 18.2 Å². The molecule has 54 valence electrons. The summed E-state index contributed by atoms with van der Waals surface area (Å²) in [4.78, 5) is 10.4. The Bertz CT molecular complexity index is 327. The highest BCUT2D eigenvalue weighted by Crippen LogP contribution is 2.14. The molecule has 0 aliphatic rings. The van der Waals surface area contributed by atoms with Gasteiger partial charge in [-0.25, -0.2) is 0 Å². The summed E-state index contributed by atoms with van der Waals surface area (Å²) in [6, 6.07) is 7.08. The van der Waals surface area contributed by atoms with E-state index in [0.717, 1.165) is 9.86 Å². The first-order valence-electron chi connectivity index (χ1n) is 2.93. The number of carbonyl (C=O) groups is 1. The molecule has 0 radical (unpaired) electrons. The second-order valence-corrected chi connectivity index (χ2v) is 3.02. The second kappa shape index (κ2) is 3.49. The second-order valence-electron chi connectivity index (χ2n) is 1.94. The fourth-order valence-electron chi connectivity index (χ4n) is 0.727. The number of nitrogens with zero attached hydrogens (tertiary/aromatic N) is 1. The highest BCUT2D eigenvalue weighted by molar-refractivity contribution is 14.1. The molecule has 1 rings (SSSR count). The van der Waals surface area contributed by atoms with E-state index < -0.39 is 0 Å². The molecule has 0 saturated carbocycles. The van der Waals surface area contributed by atoms with E-state index in [-0.39, 0.29) is 0 Å². The van der Waals surface area contributed by atoms with Crippen LogP contribution in [0.4, 0.5) is 0 Å². The smallest absolute Gasteiger partial charge is 0.151 e. The molecule has 0 aromatic heterocycles. The van der Waals surface area contributed by atoms with Crippen molar-refractivity contribution in [2.45, 2.75) is 0 Å². The largest absolute Gasteiger partial charge is 0.298 e. The molecular formula is C8H4INO. The van der Waals surface area contributed by atoms with Crippen LogP contribution in [0.3, 0.4) is 0 Å². The van der Waals surface area contributed by atoms with Crippen molar-refractivity contribution in [3.05, 3.63) is 32.9 Å². The van der Waals surface area contributed by atoms with Crippen molar-refractivity contribution in [1.82, 2.24) is 0 Å². The molecule has 1 aromatic rings. The van der Waals surface area contributed by atoms with Gasteiger partial charge in [0, 0.05) is 9.13 Å². The number of nitriles is 1. The van der Waals surface area contributed by atoms with Gasteiger partial charge in [-0.15, -0.1) is 0 Å². The first kappa shape index (κ1) is 8.21. The van der Waals surface area contributed by atoms with E-state index >= 15 is 0 Å². The van der Waals surface area contributed by atoms with E-state index in [1.54, 1.807) is 18.2 Å². The van der Waals surface area contributed by atoms with Gasteiger partial charge in [-0.2, -0.15) is 5.26 Å². The third kappa shape index (κ3) is 1.57. The van der Waals surface area contributed by atoms with E-state index in [2.05, 4.69) is 0 Å². The van der Waals surface area contributed by atoms with Gasteiger partial charge in [0.15, 0.2) is 6.29 Å². The van der Waals surface area contributed by atoms with Crippen LogP contribution in [0.2, 0.25) is 0 Å². The first-order valence-corrected chi connectivity index (χ1v) is 4.01. The van der Waals surface area contributed by atoms with Gasteiger partial charge in [0.05, 0.1) is 5.56 Å². The van der Waals surface area contributed by atoms with Crippen LogP contribution in [0.5, 0.6) is 0 Å². The third-order valence-corrected chi connectivity index (χ3v) is 2.48. The maximum Gasteiger partial charge on any atom is 0.151 e. The molecule has 0 saturated heterocycles. The number of hydrogen-bond acceptors (Lipinski definition) is 2. The molecule has 0 atom stereocenters. The van der Waals surface area contributed by atoms with E-state index in [4.69, 9.17) is 5.26 Å². The Balaban J connectivity index is 3.34. The summed E-state index contributed by atoms with van der Waals surface area (Å²) in [5, 5.41) is 8.57. The number of hydrogen-bond donors (Lipinski definition) is 0. The number of aldehydes is 1. The highest BCUT2D eigenvalue weighted by Gasteiger charge is 2.01. The van der Waals surface area contributed by atoms with Gasteiger partial charge in [-0.1, -0.05) is 12.1 Å². The zero-order valence-corrected chi connectivity index (χ0v) is 7.70. The number of carbonyl (C=O) groups excluding carboxylic acids is 1. The zero-order valence-electron chi connectivity index (χ0n) is 5.54. The predicted octanol–water partition coefficient (Wildman–Crippen LogP) is 1.98. The molecule has 2 nitrogen and oxygen atoms in total. The number of halogens is 1. The summed E-state index contributed by atoms with van der Waals surface area (Å²) in [5.74, 6) is 0. The lowest BCUT2D eigenvalue weighted by atomic mass is 10.1. The van der Waals surface area contributed by atoms with Crippen molar-refractivity contribution in [2.24, 2.45) is 0 Å². The first-order chi connectivity index (χ1) is 5.29. The quantitative estimate of drug-likeness (QED) is 0.570. The van der Waals surface area contributed by atoms with E-state index in [0.29, 0.717) is 11.1 Å². The van der Waals surface area contributed by atoms with Gasteiger partial charge in [-0.05, 0) is 28.7 Å². The van der Waals surface area contributed by atoms with Crippen molar-refractivity contribution in [3.8, 4) is 6.07 Å². The Morgan fingerprint density at radius 3 is 2.82 bits per heavy atom. The molecule has 0 amide bonds. The molecule has 0 unspecified atom stereocenters. The summed E-state index contributed by atoms with van der Waals surface area (Å²) in [7, 11) is 0. The van der Waals surface area contributed by atoms with Crippen molar-refractivity contribution in [2.75, 3.05) is 0 Å². The van der Waals surface area contributed by atoms with Gasteiger partial charge in [-0.3, -0.25) is 4.79 Å². The molecule has 0 spiro atoms. The van der Waals surface area contributed by atoms with E-state index in [1.165, 1.54) is 0 Å². The maximum absolute atomic E-state index is 10.4. The Hall–Kier alpha value is -0.890. The minimum atomic E-state index is 0.551. The standard InChI is InChI=1S/C8H4INO/c9-8-6(4-10)2-1-3-7(8)5-11/h1-3,5H. The summed E-state index contributed by atoms with van der Waals surface area (Å²) < 4.78 is 0.725. The summed E-state index contributed by atoms with van der Waals surface area (Å²) in [6.07, 6.45) is 0.753. The zero-order chi connectivity index (χ0) is 8.27. The number of rotatable bonds is 1. The van der Waals surface area contributed by atoms with Crippen LogP contribution >= 0.6 is 22.6 Å². The van der Waals surface area contributed by atoms with Gasteiger partial charge in [0.2, 0.25) is 0 Å². The van der Waals surface area contributed by atoms with Crippen molar-refractivity contribution >= 4 is 28.9 Å². The lowest BCUT2D eigenvalue weighted by Crippen LogP contribution is -1.88. The van der Waals surface area contributed by atoms with Gasteiger partial charge in [0.1, 0.15) is 6.07 Å². The summed E-state index contributed by atoms with van der Waals surface area (Å²) in [5.41, 5.74) is 1.12. The molecule has 3 heteroatoms. The van der Waals surface area contributed by atoms with Crippen molar-refractivity contribution in [3.63, 3.8) is 0 Å². The fraction of sp³-hybridized carbons (Fsp3) is 0. The highest BCUT2D eigenvalue weighted by atomic mass is 127. The molecule has 0 aliphatic heterocycles. The minimum Gasteiger partial charge on any atom is -0.298 e. The molecule has 0 aliphatic carbocycles. The Morgan fingerprint density at radius 2 is 2.27 bits per heavy atom. The maximum atomic E-state index is 10.4. The van der Waals surface area contributed by atoms with Crippen LogP contribution in [0, 0.1) is 14.9 Å². The molecule has 0 N–H and O–H groups in total. The van der Waals surface area contributed by atoms with Crippen LogP contribution in [-0.4, -0.2) is 6.29 Å². The average Bonchev–Trinajstić information content (AvgIpc) is 2.05. The molecule has 1 aromatic carbocycles. The van der Waals surface area contributed by atoms with Crippen LogP contribution < -0.4 is 0 Å². The van der Waals surface area contributed by atoms with Crippen LogP contribution in [0.1, 0.15) is 15.9 Å². The van der Waals surface area contributed by atoms with Crippen molar-refractivity contribution in [1.29, 1.82) is 5.26 Å². The molecular weight excluding hydrogens is 253 g/mol. The topological polar surface area (TPSA) is 40.9 Å². The third-order valence-electron chi connectivity index (χ3n) is 1.28. The fourth-order valence-corrected chi connectivity index (χ4v) is 1.33. The molecule has 11 heavy (non-hydrogen) atoms. The molecule has 0 bridgehead atoms. The summed E-state index contributed by atoms with van der Waals surface area (Å²) in [6.45, 7) is 0.